The molecule has 0 radical (unpaired) electrons. The maximum absolute atomic E-state index is 13.6. The molecule has 4 heterocycles. The monoisotopic (exact) mass is 437 g/mol. The summed E-state index contributed by atoms with van der Waals surface area (Å²) < 4.78 is 26.8. The van der Waals surface area contributed by atoms with E-state index in [4.69, 9.17) is 5.26 Å². The quantitative estimate of drug-likeness (QED) is 0.736. The molecule has 0 spiro atoms. The van der Waals surface area contributed by atoms with Crippen LogP contribution < -0.4 is 4.90 Å². The van der Waals surface area contributed by atoms with Crippen molar-refractivity contribution in [2.75, 3.05) is 31.1 Å². The van der Waals surface area contributed by atoms with Gasteiger partial charge in [0.25, 0.3) is 0 Å². The van der Waals surface area contributed by atoms with Crippen molar-refractivity contribution < 1.29 is 13.6 Å². The third kappa shape index (κ3) is 3.61. The summed E-state index contributed by atoms with van der Waals surface area (Å²) in [6, 6.07) is 10.2. The van der Waals surface area contributed by atoms with E-state index in [-0.39, 0.29) is 30.0 Å². The topological polar surface area (TPSA) is 63.5 Å². The van der Waals surface area contributed by atoms with E-state index in [1.54, 1.807) is 18.3 Å². The predicted molar refractivity (Wildman–Crippen MR) is 115 cm³/mol. The number of aromatic nitrogens is 1. The molecule has 3 atom stereocenters. The van der Waals surface area contributed by atoms with E-state index < -0.39 is 11.6 Å². The molecule has 3 unspecified atom stereocenters. The van der Waals surface area contributed by atoms with Crippen LogP contribution in [0, 0.1) is 28.9 Å². The van der Waals surface area contributed by atoms with Crippen LogP contribution in [0.5, 0.6) is 0 Å². The lowest BCUT2D eigenvalue weighted by atomic mass is 9.93. The molecule has 0 N–H and O–H groups in total. The fourth-order valence-electron chi connectivity index (χ4n) is 5.29. The van der Waals surface area contributed by atoms with E-state index >= 15 is 0 Å². The Morgan fingerprint density at radius 2 is 1.81 bits per heavy atom. The number of halogens is 2. The number of fused-ring (bicyclic) bond motifs is 2. The lowest BCUT2D eigenvalue weighted by Crippen LogP contribution is -2.61. The first-order valence-corrected chi connectivity index (χ1v) is 11.1. The molecule has 5 rings (SSSR count). The molecule has 1 aromatic heterocycles. The number of nitriles is 1. The molecule has 32 heavy (non-hydrogen) atoms. The zero-order valence-corrected chi connectivity index (χ0v) is 17.9. The number of benzene rings is 1. The summed E-state index contributed by atoms with van der Waals surface area (Å²) in [5, 5.41) is 8.99. The highest BCUT2D eigenvalue weighted by atomic mass is 19.2. The number of carbonyl (C=O) groups excluding carboxylic acids is 1. The maximum Gasteiger partial charge on any atom is 0.228 e. The average molecular weight is 437 g/mol. The minimum atomic E-state index is -0.845. The molecule has 166 valence electrons. The lowest BCUT2D eigenvalue weighted by Gasteiger charge is -2.47. The van der Waals surface area contributed by atoms with Gasteiger partial charge in [-0.1, -0.05) is 6.07 Å². The number of piperazine rings is 1. The molecule has 1 aromatic carbocycles. The van der Waals surface area contributed by atoms with E-state index in [0.29, 0.717) is 31.7 Å². The zero-order chi connectivity index (χ0) is 22.4. The first kappa shape index (κ1) is 20.8. The van der Waals surface area contributed by atoms with Crippen LogP contribution in [-0.2, 0) is 4.79 Å². The molecule has 6 nitrogen and oxygen atoms in total. The molecule has 2 bridgehead atoms. The molecule has 2 aromatic rings. The highest BCUT2D eigenvalue weighted by Gasteiger charge is 2.45. The average Bonchev–Trinajstić information content (AvgIpc) is 3.03. The molecule has 3 saturated heterocycles. The number of hydrogen-bond donors (Lipinski definition) is 0. The largest absolute Gasteiger partial charge is 0.347 e. The van der Waals surface area contributed by atoms with Crippen molar-refractivity contribution in [2.45, 2.75) is 37.9 Å². The number of likely N-dealkylation sites (tertiary alicyclic amines) is 2. The number of pyridine rings is 1. The van der Waals surface area contributed by atoms with Gasteiger partial charge in [-0.25, -0.2) is 13.8 Å². The van der Waals surface area contributed by atoms with Crippen molar-refractivity contribution >= 4 is 11.7 Å². The van der Waals surface area contributed by atoms with Gasteiger partial charge in [-0.05, 0) is 49.6 Å². The zero-order valence-electron chi connectivity index (χ0n) is 17.9. The van der Waals surface area contributed by atoms with Gasteiger partial charge in [0.05, 0.1) is 11.5 Å². The molecule has 3 aliphatic rings. The van der Waals surface area contributed by atoms with Crippen molar-refractivity contribution in [2.24, 2.45) is 5.92 Å². The van der Waals surface area contributed by atoms with Crippen molar-refractivity contribution in [3.8, 4) is 6.07 Å². The fraction of sp³-hybridized carbons (Fsp3) is 0.458. The minimum absolute atomic E-state index is 0.0540. The van der Waals surface area contributed by atoms with Crippen molar-refractivity contribution in [3.63, 3.8) is 0 Å². The van der Waals surface area contributed by atoms with Gasteiger partial charge in [0, 0.05) is 50.5 Å². The Morgan fingerprint density at radius 3 is 2.41 bits per heavy atom. The number of nitrogens with zero attached hydrogens (tertiary/aromatic N) is 5. The SMILES string of the molecule is CC(c1ccc(F)c(F)c1)N1CC(C(=O)N2CC3CCC(C2)N3c2ccc(C#N)cn2)C1. The van der Waals surface area contributed by atoms with Crippen molar-refractivity contribution in [3.05, 3.63) is 59.3 Å². The van der Waals surface area contributed by atoms with E-state index in [1.165, 1.54) is 6.07 Å². The van der Waals surface area contributed by atoms with Crippen molar-refractivity contribution in [1.29, 1.82) is 5.26 Å². The van der Waals surface area contributed by atoms with Gasteiger partial charge in [0.15, 0.2) is 11.6 Å². The van der Waals surface area contributed by atoms with E-state index in [1.807, 2.05) is 17.9 Å². The fourth-order valence-corrected chi connectivity index (χ4v) is 5.29. The molecule has 8 heteroatoms. The third-order valence-electron chi connectivity index (χ3n) is 7.17. The predicted octanol–water partition coefficient (Wildman–Crippen LogP) is 3.10. The van der Waals surface area contributed by atoms with Crippen LogP contribution in [0.2, 0.25) is 0 Å². The molecular formula is C24H25F2N5O. The van der Waals surface area contributed by atoms with E-state index in [0.717, 1.165) is 30.3 Å². The van der Waals surface area contributed by atoms with Crippen molar-refractivity contribution in [1.82, 2.24) is 14.8 Å². The number of amides is 1. The first-order valence-electron chi connectivity index (χ1n) is 11.1. The number of anilines is 1. The highest BCUT2D eigenvalue weighted by Crippen LogP contribution is 2.36. The van der Waals surface area contributed by atoms with Crippen LogP contribution in [0.25, 0.3) is 0 Å². The van der Waals surface area contributed by atoms with Crippen LogP contribution >= 0.6 is 0 Å². The number of hydrogen-bond acceptors (Lipinski definition) is 5. The Balaban J connectivity index is 1.19. The molecule has 3 fully saturated rings. The number of carbonyl (C=O) groups is 1. The second-order valence-corrected chi connectivity index (χ2v) is 9.05. The molecule has 0 saturated carbocycles. The van der Waals surface area contributed by atoms with Gasteiger partial charge in [0.2, 0.25) is 5.91 Å². The summed E-state index contributed by atoms with van der Waals surface area (Å²) in [5.41, 5.74) is 1.26. The van der Waals surface area contributed by atoms with Crippen LogP contribution in [-0.4, -0.2) is 59.0 Å². The molecular weight excluding hydrogens is 412 g/mol. The Labute approximate surface area is 186 Å². The standard InChI is InChI=1S/C24H25F2N5O/c1-15(17-3-6-21(25)22(26)8-17)29-11-18(12-29)24(32)30-13-19-4-5-20(14-30)31(19)23-7-2-16(9-27)10-28-23/h2-3,6-8,10,15,18-20H,4-5,11-14H2,1H3. The Kier molecular flexibility index (Phi) is 5.30. The molecule has 3 aliphatic heterocycles. The molecule has 0 aliphatic carbocycles. The summed E-state index contributed by atoms with van der Waals surface area (Å²) in [6.45, 7) is 4.59. The summed E-state index contributed by atoms with van der Waals surface area (Å²) >= 11 is 0. The lowest BCUT2D eigenvalue weighted by molar-refractivity contribution is -0.143. The number of rotatable bonds is 4. The van der Waals surface area contributed by atoms with Crippen LogP contribution in [0.3, 0.4) is 0 Å². The second-order valence-electron chi connectivity index (χ2n) is 9.05. The summed E-state index contributed by atoms with van der Waals surface area (Å²) in [4.78, 5) is 24.0. The maximum atomic E-state index is 13.6. The van der Waals surface area contributed by atoms with Crippen LogP contribution in [0.15, 0.2) is 36.5 Å². The van der Waals surface area contributed by atoms with E-state index in [9.17, 15) is 13.6 Å². The Hall–Kier alpha value is -3.05. The van der Waals surface area contributed by atoms with Crippen LogP contribution in [0.1, 0.15) is 36.9 Å². The highest BCUT2D eigenvalue weighted by molar-refractivity contribution is 5.81. The summed E-state index contributed by atoms with van der Waals surface area (Å²) in [5.74, 6) is -0.682. The molecule has 1 amide bonds. The van der Waals surface area contributed by atoms with Gasteiger partial charge >= 0.3 is 0 Å². The van der Waals surface area contributed by atoms with Gasteiger partial charge in [-0.3, -0.25) is 9.69 Å². The van der Waals surface area contributed by atoms with Gasteiger partial charge in [0.1, 0.15) is 11.9 Å². The smallest absolute Gasteiger partial charge is 0.228 e. The third-order valence-corrected chi connectivity index (χ3v) is 7.17. The van der Waals surface area contributed by atoms with Crippen LogP contribution in [0.4, 0.5) is 14.6 Å². The summed E-state index contributed by atoms with van der Waals surface area (Å²) in [6.07, 6.45) is 3.66. The Morgan fingerprint density at radius 1 is 1.09 bits per heavy atom. The minimum Gasteiger partial charge on any atom is -0.347 e. The van der Waals surface area contributed by atoms with Gasteiger partial charge in [-0.15, -0.1) is 0 Å². The van der Waals surface area contributed by atoms with E-state index in [2.05, 4.69) is 20.9 Å². The normalized spacial score (nSPS) is 24.2. The first-order chi connectivity index (χ1) is 15.4. The van der Waals surface area contributed by atoms with Gasteiger partial charge < -0.3 is 9.80 Å². The van der Waals surface area contributed by atoms with Gasteiger partial charge in [-0.2, -0.15) is 5.26 Å². The summed E-state index contributed by atoms with van der Waals surface area (Å²) in [7, 11) is 0. The Bertz CT molecular complexity index is 1050. The second kappa shape index (κ2) is 8.14.